The van der Waals surface area contributed by atoms with Crippen molar-refractivity contribution in [2.45, 2.75) is 13.5 Å². The summed E-state index contributed by atoms with van der Waals surface area (Å²) in [7, 11) is 4.75. The number of carbonyl (C=O) groups is 1. The van der Waals surface area contributed by atoms with Gasteiger partial charge in [0, 0.05) is 24.1 Å². The predicted octanol–water partition coefficient (Wildman–Crippen LogP) is 1.61. The van der Waals surface area contributed by atoms with Gasteiger partial charge in [-0.1, -0.05) is 6.92 Å². The van der Waals surface area contributed by atoms with E-state index in [1.54, 1.807) is 27.4 Å². The zero-order valence-electron chi connectivity index (χ0n) is 14.0. The Morgan fingerprint density at radius 1 is 1.17 bits per heavy atom. The lowest BCUT2D eigenvalue weighted by Crippen LogP contribution is -2.49. The number of methoxy groups -OCH3 is 3. The highest BCUT2D eigenvalue weighted by Crippen LogP contribution is 2.34. The molecule has 2 rings (SSSR count). The third kappa shape index (κ3) is 4.42. The van der Waals surface area contributed by atoms with Crippen molar-refractivity contribution in [2.75, 3.05) is 34.4 Å². The van der Waals surface area contributed by atoms with E-state index in [4.69, 9.17) is 14.2 Å². The summed E-state index contributed by atoms with van der Waals surface area (Å²) in [4.78, 5) is 12.2. The van der Waals surface area contributed by atoms with Crippen molar-refractivity contribution in [2.24, 2.45) is 11.8 Å². The molecule has 1 saturated heterocycles. The van der Waals surface area contributed by atoms with Crippen molar-refractivity contribution in [3.63, 3.8) is 0 Å². The summed E-state index contributed by atoms with van der Waals surface area (Å²) in [5, 5.41) is 6.15. The van der Waals surface area contributed by atoms with Gasteiger partial charge in [0.15, 0.2) is 11.5 Å². The van der Waals surface area contributed by atoms with E-state index in [0.717, 1.165) is 18.7 Å². The third-order valence-corrected chi connectivity index (χ3v) is 4.17. The SMILES string of the molecule is COc1cc(OC)c(OC)cc1CNC(=O)C(C)C1CNC1.Cl. The topological polar surface area (TPSA) is 68.8 Å². The number of hydrogen-bond donors (Lipinski definition) is 2. The Morgan fingerprint density at radius 3 is 2.22 bits per heavy atom. The molecule has 2 N–H and O–H groups in total. The molecule has 1 amide bonds. The molecule has 130 valence electrons. The van der Waals surface area contributed by atoms with Gasteiger partial charge in [0.25, 0.3) is 0 Å². The molecule has 1 aliphatic heterocycles. The number of rotatable bonds is 7. The smallest absolute Gasteiger partial charge is 0.223 e. The highest BCUT2D eigenvalue weighted by molar-refractivity contribution is 5.85. The van der Waals surface area contributed by atoms with Crippen molar-refractivity contribution in [1.29, 1.82) is 0 Å². The number of amides is 1. The van der Waals surface area contributed by atoms with Gasteiger partial charge in [0.05, 0.1) is 21.3 Å². The van der Waals surface area contributed by atoms with Gasteiger partial charge in [-0.15, -0.1) is 12.4 Å². The molecule has 1 aliphatic rings. The molecule has 0 aromatic heterocycles. The molecule has 23 heavy (non-hydrogen) atoms. The first kappa shape index (κ1) is 19.4. The first-order valence-corrected chi connectivity index (χ1v) is 7.38. The van der Waals surface area contributed by atoms with Crippen molar-refractivity contribution >= 4 is 18.3 Å². The van der Waals surface area contributed by atoms with Gasteiger partial charge in [-0.2, -0.15) is 0 Å². The van der Waals surface area contributed by atoms with Gasteiger partial charge < -0.3 is 24.8 Å². The van der Waals surface area contributed by atoms with Gasteiger partial charge in [-0.05, 0) is 25.1 Å². The van der Waals surface area contributed by atoms with Crippen LogP contribution in [0.5, 0.6) is 17.2 Å². The third-order valence-electron chi connectivity index (χ3n) is 4.17. The Labute approximate surface area is 143 Å². The lowest BCUT2D eigenvalue weighted by atomic mass is 9.88. The van der Waals surface area contributed by atoms with Crippen LogP contribution >= 0.6 is 12.4 Å². The normalized spacial score (nSPS) is 15.0. The highest BCUT2D eigenvalue weighted by Gasteiger charge is 2.28. The quantitative estimate of drug-likeness (QED) is 0.786. The van der Waals surface area contributed by atoms with Crippen LogP contribution in [0.3, 0.4) is 0 Å². The van der Waals surface area contributed by atoms with Crippen LogP contribution < -0.4 is 24.8 Å². The predicted molar refractivity (Wildman–Crippen MR) is 90.7 cm³/mol. The second-order valence-electron chi connectivity index (χ2n) is 5.44. The Balaban J connectivity index is 0.00000264. The van der Waals surface area contributed by atoms with Crippen LogP contribution in [-0.4, -0.2) is 40.3 Å². The summed E-state index contributed by atoms with van der Waals surface area (Å²) in [6.07, 6.45) is 0. The van der Waals surface area contributed by atoms with Crippen LogP contribution in [0.2, 0.25) is 0 Å². The standard InChI is InChI=1S/C16H24N2O4.ClH/c1-10(12-7-17-8-12)16(19)18-9-11-5-14(21-3)15(22-4)6-13(11)20-2;/h5-6,10,12,17H,7-9H2,1-4H3,(H,18,19);1H. The van der Waals surface area contributed by atoms with E-state index in [1.165, 1.54) is 0 Å². The zero-order chi connectivity index (χ0) is 16.1. The summed E-state index contributed by atoms with van der Waals surface area (Å²) >= 11 is 0. The summed E-state index contributed by atoms with van der Waals surface area (Å²) in [5.74, 6) is 2.37. The summed E-state index contributed by atoms with van der Waals surface area (Å²) in [6, 6.07) is 3.59. The van der Waals surface area contributed by atoms with E-state index in [-0.39, 0.29) is 24.2 Å². The number of carbonyl (C=O) groups excluding carboxylic acids is 1. The molecule has 1 fully saturated rings. The second kappa shape index (κ2) is 8.84. The number of benzene rings is 1. The van der Waals surface area contributed by atoms with Crippen LogP contribution in [0.25, 0.3) is 0 Å². The molecule has 0 aliphatic carbocycles. The van der Waals surface area contributed by atoms with E-state index in [1.807, 2.05) is 13.0 Å². The fraction of sp³-hybridized carbons (Fsp3) is 0.562. The second-order valence-corrected chi connectivity index (χ2v) is 5.44. The van der Waals surface area contributed by atoms with Gasteiger partial charge in [0.1, 0.15) is 5.75 Å². The van der Waals surface area contributed by atoms with Crippen LogP contribution in [0.4, 0.5) is 0 Å². The fourth-order valence-electron chi connectivity index (χ4n) is 2.45. The van der Waals surface area contributed by atoms with Crippen molar-refractivity contribution < 1.29 is 19.0 Å². The van der Waals surface area contributed by atoms with Crippen LogP contribution in [0.1, 0.15) is 12.5 Å². The Morgan fingerprint density at radius 2 is 1.74 bits per heavy atom. The molecule has 0 spiro atoms. The first-order valence-electron chi connectivity index (χ1n) is 7.38. The van der Waals surface area contributed by atoms with Crippen molar-refractivity contribution in [1.82, 2.24) is 10.6 Å². The maximum absolute atomic E-state index is 12.2. The lowest BCUT2D eigenvalue weighted by Gasteiger charge is -2.31. The van der Waals surface area contributed by atoms with Crippen molar-refractivity contribution in [3.8, 4) is 17.2 Å². The van der Waals surface area contributed by atoms with E-state index >= 15 is 0 Å². The minimum Gasteiger partial charge on any atom is -0.496 e. The molecule has 0 saturated carbocycles. The lowest BCUT2D eigenvalue weighted by molar-refractivity contribution is -0.126. The average Bonchev–Trinajstić information content (AvgIpc) is 2.49. The molecule has 1 heterocycles. The van der Waals surface area contributed by atoms with E-state index in [0.29, 0.717) is 29.7 Å². The molecule has 1 unspecified atom stereocenters. The summed E-state index contributed by atoms with van der Waals surface area (Å²) in [6.45, 7) is 4.18. The molecule has 1 aromatic rings. The van der Waals surface area contributed by atoms with E-state index in [9.17, 15) is 4.79 Å². The van der Waals surface area contributed by atoms with Gasteiger partial charge in [-0.25, -0.2) is 0 Å². The maximum Gasteiger partial charge on any atom is 0.223 e. The minimum absolute atomic E-state index is 0. The van der Waals surface area contributed by atoms with Gasteiger partial charge in [-0.3, -0.25) is 4.79 Å². The molecule has 0 bridgehead atoms. The van der Waals surface area contributed by atoms with E-state index in [2.05, 4.69) is 10.6 Å². The summed E-state index contributed by atoms with van der Waals surface area (Å²) < 4.78 is 15.9. The maximum atomic E-state index is 12.2. The van der Waals surface area contributed by atoms with Gasteiger partial charge >= 0.3 is 0 Å². The fourth-order valence-corrected chi connectivity index (χ4v) is 2.45. The number of hydrogen-bond acceptors (Lipinski definition) is 5. The largest absolute Gasteiger partial charge is 0.496 e. The number of ether oxygens (including phenoxy) is 3. The molecular formula is C16H25ClN2O4. The highest BCUT2D eigenvalue weighted by atomic mass is 35.5. The molecule has 6 nitrogen and oxygen atoms in total. The monoisotopic (exact) mass is 344 g/mol. The molecule has 1 aromatic carbocycles. The number of nitrogens with one attached hydrogen (secondary N) is 2. The van der Waals surface area contributed by atoms with Crippen LogP contribution in [-0.2, 0) is 11.3 Å². The first-order chi connectivity index (χ1) is 10.6. The molecule has 7 heteroatoms. The number of halogens is 1. The Hall–Kier alpha value is -1.66. The molecule has 1 atom stereocenters. The van der Waals surface area contributed by atoms with Crippen LogP contribution in [0, 0.1) is 11.8 Å². The molecule has 0 radical (unpaired) electrons. The Kier molecular flexibility index (Phi) is 7.45. The van der Waals surface area contributed by atoms with Gasteiger partial charge in [0.2, 0.25) is 5.91 Å². The minimum atomic E-state index is 0. The van der Waals surface area contributed by atoms with Crippen LogP contribution in [0.15, 0.2) is 12.1 Å². The average molecular weight is 345 g/mol. The Bertz CT molecular complexity index is 535. The molecular weight excluding hydrogens is 320 g/mol. The zero-order valence-corrected chi connectivity index (χ0v) is 14.8. The summed E-state index contributed by atoms with van der Waals surface area (Å²) in [5.41, 5.74) is 0.854. The van der Waals surface area contributed by atoms with Crippen molar-refractivity contribution in [3.05, 3.63) is 17.7 Å². The van der Waals surface area contributed by atoms with E-state index < -0.39 is 0 Å².